The van der Waals surface area contributed by atoms with Gasteiger partial charge < -0.3 is 15.1 Å². The Bertz CT molecular complexity index is 949. The second-order valence-electron chi connectivity index (χ2n) is 9.89. The minimum absolute atomic E-state index is 0.0587. The number of hydrogen-bond donors (Lipinski definition) is 2. The van der Waals surface area contributed by atoms with Crippen LogP contribution in [0.2, 0.25) is 0 Å². The number of aliphatic hydroxyl groups is 1. The second kappa shape index (κ2) is 9.36. The molecule has 2 aliphatic carbocycles. The molecule has 172 valence electrons. The molecule has 5 nitrogen and oxygen atoms in total. The topological polar surface area (TPSA) is 77.8 Å². The summed E-state index contributed by atoms with van der Waals surface area (Å²) in [6.07, 6.45) is 6.37. The van der Waals surface area contributed by atoms with Crippen molar-refractivity contribution in [3.8, 4) is 10.4 Å². The fourth-order valence-electron chi connectivity index (χ4n) is 5.14. The van der Waals surface area contributed by atoms with Gasteiger partial charge in [0.05, 0.1) is 11.3 Å². The molecule has 0 saturated heterocycles. The van der Waals surface area contributed by atoms with Crippen molar-refractivity contribution < 1.29 is 19.8 Å². The standard InChI is InChI=1S/C26H33NO4S/c1-17-8-10-19(11-9-17)24(28)27(20-12-14-26(2,31)15-13-20)21-16-22(32-23(21)25(29)30)18-6-4-3-5-7-18/h3-7,16-17,19-20,31H,8-15H2,1-2H3,(H,29,30)/t17?,19?,20-,26+. The Morgan fingerprint density at radius 3 is 2.25 bits per heavy atom. The summed E-state index contributed by atoms with van der Waals surface area (Å²) in [5.41, 5.74) is 0.763. The number of carbonyl (C=O) groups excluding carboxylic acids is 1. The molecule has 2 aliphatic rings. The van der Waals surface area contributed by atoms with Crippen LogP contribution >= 0.6 is 11.3 Å². The van der Waals surface area contributed by atoms with E-state index in [1.54, 1.807) is 0 Å². The van der Waals surface area contributed by atoms with Gasteiger partial charge in [-0.1, -0.05) is 37.3 Å². The van der Waals surface area contributed by atoms with E-state index in [1.807, 2.05) is 48.2 Å². The number of anilines is 1. The molecule has 2 fully saturated rings. The van der Waals surface area contributed by atoms with Gasteiger partial charge in [-0.3, -0.25) is 4.79 Å². The highest BCUT2D eigenvalue weighted by Gasteiger charge is 2.39. The lowest BCUT2D eigenvalue weighted by atomic mass is 9.80. The average Bonchev–Trinajstić information content (AvgIpc) is 3.21. The molecule has 1 heterocycles. The van der Waals surface area contributed by atoms with Crippen LogP contribution < -0.4 is 4.90 Å². The van der Waals surface area contributed by atoms with Crippen LogP contribution in [0.15, 0.2) is 36.4 Å². The van der Waals surface area contributed by atoms with E-state index in [2.05, 4.69) is 6.92 Å². The summed E-state index contributed by atoms with van der Waals surface area (Å²) >= 11 is 1.23. The minimum atomic E-state index is -0.995. The summed E-state index contributed by atoms with van der Waals surface area (Å²) in [4.78, 5) is 29.0. The fourth-order valence-corrected chi connectivity index (χ4v) is 6.13. The van der Waals surface area contributed by atoms with Gasteiger partial charge >= 0.3 is 5.97 Å². The van der Waals surface area contributed by atoms with Crippen molar-refractivity contribution in [2.45, 2.75) is 76.9 Å². The summed E-state index contributed by atoms with van der Waals surface area (Å²) in [5, 5.41) is 20.5. The number of aromatic carboxylic acids is 1. The number of thiophene rings is 1. The molecule has 0 atom stereocenters. The first-order chi connectivity index (χ1) is 15.2. The molecule has 1 aromatic heterocycles. The van der Waals surface area contributed by atoms with Crippen LogP contribution in [0.3, 0.4) is 0 Å². The highest BCUT2D eigenvalue weighted by atomic mass is 32.1. The highest BCUT2D eigenvalue weighted by molar-refractivity contribution is 7.18. The van der Waals surface area contributed by atoms with Gasteiger partial charge in [0, 0.05) is 16.8 Å². The summed E-state index contributed by atoms with van der Waals surface area (Å²) < 4.78 is 0. The van der Waals surface area contributed by atoms with Crippen molar-refractivity contribution >= 4 is 28.9 Å². The molecule has 0 bridgehead atoms. The minimum Gasteiger partial charge on any atom is -0.477 e. The van der Waals surface area contributed by atoms with Crippen LogP contribution in [0, 0.1) is 11.8 Å². The third-order valence-electron chi connectivity index (χ3n) is 7.22. The smallest absolute Gasteiger partial charge is 0.348 e. The van der Waals surface area contributed by atoms with Gasteiger partial charge in [-0.15, -0.1) is 11.3 Å². The monoisotopic (exact) mass is 455 g/mol. The van der Waals surface area contributed by atoms with Crippen LogP contribution in [-0.4, -0.2) is 33.7 Å². The Labute approximate surface area is 194 Å². The first-order valence-corrected chi connectivity index (χ1v) is 12.5. The molecule has 1 aromatic carbocycles. The van der Waals surface area contributed by atoms with Crippen molar-refractivity contribution in [3.05, 3.63) is 41.3 Å². The summed E-state index contributed by atoms with van der Waals surface area (Å²) in [6, 6.07) is 11.5. The number of carboxylic acid groups (broad SMARTS) is 1. The lowest BCUT2D eigenvalue weighted by molar-refractivity contribution is -0.124. The van der Waals surface area contributed by atoms with E-state index >= 15 is 0 Å². The molecular weight excluding hydrogens is 422 g/mol. The van der Waals surface area contributed by atoms with Crippen LogP contribution in [0.4, 0.5) is 5.69 Å². The van der Waals surface area contributed by atoms with Crippen LogP contribution in [0.25, 0.3) is 10.4 Å². The lowest BCUT2D eigenvalue weighted by Gasteiger charge is -2.41. The molecule has 6 heteroatoms. The quantitative estimate of drug-likeness (QED) is 0.582. The summed E-state index contributed by atoms with van der Waals surface area (Å²) in [6.45, 7) is 4.08. The molecule has 0 aliphatic heterocycles. The molecule has 32 heavy (non-hydrogen) atoms. The van der Waals surface area contributed by atoms with E-state index in [1.165, 1.54) is 11.3 Å². The van der Waals surface area contributed by atoms with Crippen LogP contribution in [0.5, 0.6) is 0 Å². The zero-order valence-corrected chi connectivity index (χ0v) is 19.7. The van der Waals surface area contributed by atoms with E-state index in [9.17, 15) is 19.8 Å². The van der Waals surface area contributed by atoms with E-state index < -0.39 is 11.6 Å². The lowest BCUT2D eigenvalue weighted by Crippen LogP contribution is -2.48. The maximum atomic E-state index is 13.9. The second-order valence-corrected chi connectivity index (χ2v) is 10.9. The molecule has 0 radical (unpaired) electrons. The third kappa shape index (κ3) is 4.91. The Kier molecular flexibility index (Phi) is 6.72. The molecule has 0 unspecified atom stereocenters. The SMILES string of the molecule is CC1CCC(C(=O)N(c2cc(-c3ccccc3)sc2C(=O)O)[C@H]2CC[C@@](C)(O)CC2)CC1. The van der Waals surface area contributed by atoms with Crippen molar-refractivity contribution in [2.75, 3.05) is 4.90 Å². The predicted octanol–water partition coefficient (Wildman–Crippen LogP) is 5.97. The molecule has 0 spiro atoms. The Balaban J connectivity index is 1.73. The fraction of sp³-hybridized carbons (Fsp3) is 0.538. The van der Waals surface area contributed by atoms with Gasteiger partial charge in [0.25, 0.3) is 0 Å². The van der Waals surface area contributed by atoms with E-state index in [0.717, 1.165) is 36.1 Å². The molecule has 2 N–H and O–H groups in total. The first-order valence-electron chi connectivity index (χ1n) is 11.7. The molecule has 1 amide bonds. The maximum absolute atomic E-state index is 13.9. The van der Waals surface area contributed by atoms with Gasteiger partial charge in [0.15, 0.2) is 0 Å². The average molecular weight is 456 g/mol. The highest BCUT2D eigenvalue weighted by Crippen LogP contribution is 2.42. The van der Waals surface area contributed by atoms with Gasteiger partial charge in [-0.05, 0) is 75.8 Å². The Hall–Kier alpha value is -2.18. The van der Waals surface area contributed by atoms with Gasteiger partial charge in [-0.2, -0.15) is 0 Å². The zero-order chi connectivity index (χ0) is 22.9. The number of carboxylic acids is 1. The van der Waals surface area contributed by atoms with Crippen molar-refractivity contribution in [3.63, 3.8) is 0 Å². The van der Waals surface area contributed by atoms with E-state index in [-0.39, 0.29) is 22.7 Å². The number of benzene rings is 1. The maximum Gasteiger partial charge on any atom is 0.348 e. The predicted molar refractivity (Wildman–Crippen MR) is 128 cm³/mol. The molecule has 2 aromatic rings. The van der Waals surface area contributed by atoms with Gasteiger partial charge in [-0.25, -0.2) is 4.79 Å². The molecule has 4 rings (SSSR count). The number of hydrogen-bond acceptors (Lipinski definition) is 4. The number of amides is 1. The number of rotatable bonds is 5. The normalized spacial score (nSPS) is 28.3. The van der Waals surface area contributed by atoms with Crippen molar-refractivity contribution in [2.24, 2.45) is 11.8 Å². The zero-order valence-electron chi connectivity index (χ0n) is 18.9. The van der Waals surface area contributed by atoms with Crippen LogP contribution in [0.1, 0.15) is 74.9 Å². The molecule has 2 saturated carbocycles. The Morgan fingerprint density at radius 1 is 1.03 bits per heavy atom. The van der Waals surface area contributed by atoms with Gasteiger partial charge in [0.1, 0.15) is 4.88 Å². The number of nitrogens with zero attached hydrogens (tertiary/aromatic N) is 1. The third-order valence-corrected chi connectivity index (χ3v) is 8.39. The van der Waals surface area contributed by atoms with Gasteiger partial charge in [0.2, 0.25) is 5.91 Å². The van der Waals surface area contributed by atoms with E-state index in [4.69, 9.17) is 0 Å². The largest absolute Gasteiger partial charge is 0.477 e. The summed E-state index contributed by atoms with van der Waals surface area (Å²) in [7, 11) is 0. The number of carbonyl (C=O) groups is 2. The van der Waals surface area contributed by atoms with Crippen molar-refractivity contribution in [1.29, 1.82) is 0 Å². The first kappa shape index (κ1) is 23.0. The molecular formula is C26H33NO4S. The summed E-state index contributed by atoms with van der Waals surface area (Å²) in [5.74, 6) is -0.360. The Morgan fingerprint density at radius 2 is 1.66 bits per heavy atom. The van der Waals surface area contributed by atoms with Crippen LogP contribution in [-0.2, 0) is 4.79 Å². The van der Waals surface area contributed by atoms with Crippen molar-refractivity contribution in [1.82, 2.24) is 0 Å². The van der Waals surface area contributed by atoms with E-state index in [0.29, 0.717) is 37.3 Å².